The van der Waals surface area contributed by atoms with E-state index in [1.807, 2.05) is 0 Å². The second-order valence-corrected chi connectivity index (χ2v) is 3.86. The predicted molar refractivity (Wildman–Crippen MR) is 66.0 cm³/mol. The third kappa shape index (κ3) is 3.99. The number of nitro groups is 1. The van der Waals surface area contributed by atoms with Gasteiger partial charge in [0.2, 0.25) is 5.82 Å². The van der Waals surface area contributed by atoms with Crippen LogP contribution in [0.5, 0.6) is 0 Å². The Balaban J connectivity index is 2.71. The summed E-state index contributed by atoms with van der Waals surface area (Å²) in [7, 11) is 0. The van der Waals surface area contributed by atoms with Gasteiger partial charge in [0.15, 0.2) is 0 Å². The number of carbonyl (C=O) groups excluding carboxylic acids is 1. The number of rotatable bonds is 6. The van der Waals surface area contributed by atoms with Gasteiger partial charge in [-0.15, -0.1) is 0 Å². The Morgan fingerprint density at radius 1 is 1.58 bits per heavy atom. The number of benzene rings is 1. The zero-order chi connectivity index (χ0) is 14.4. The van der Waals surface area contributed by atoms with Gasteiger partial charge in [0.25, 0.3) is 0 Å². The van der Waals surface area contributed by atoms with E-state index in [4.69, 9.17) is 4.74 Å². The molecule has 1 aromatic rings. The number of hydrogen-bond acceptors (Lipinski definition) is 5. The van der Waals surface area contributed by atoms with Crippen molar-refractivity contribution in [2.45, 2.75) is 26.4 Å². The van der Waals surface area contributed by atoms with Crippen molar-refractivity contribution in [3.05, 3.63) is 39.7 Å². The van der Waals surface area contributed by atoms with Gasteiger partial charge in [0.1, 0.15) is 6.04 Å². The standard InChI is InChI=1S/C12H15FN2O4/c1-3-19-12(16)8(2)14-7-9-5-4-6-10(11(9)13)15(17)18/h4-6,8,14H,3,7H2,1-2H3. The van der Waals surface area contributed by atoms with Crippen LogP contribution in [0.25, 0.3) is 0 Å². The molecule has 0 spiro atoms. The molecule has 0 fully saturated rings. The summed E-state index contributed by atoms with van der Waals surface area (Å²) in [5.41, 5.74) is -0.451. The summed E-state index contributed by atoms with van der Waals surface area (Å²) in [4.78, 5) is 21.1. The second kappa shape index (κ2) is 6.79. The fourth-order valence-corrected chi connectivity index (χ4v) is 1.46. The fourth-order valence-electron chi connectivity index (χ4n) is 1.46. The van der Waals surface area contributed by atoms with Crippen molar-refractivity contribution in [1.29, 1.82) is 0 Å². The Bertz CT molecular complexity index is 479. The molecule has 1 rings (SSSR count). The lowest BCUT2D eigenvalue weighted by Gasteiger charge is -2.12. The molecule has 104 valence electrons. The predicted octanol–water partition coefficient (Wildman–Crippen LogP) is 1.78. The van der Waals surface area contributed by atoms with E-state index in [-0.39, 0.29) is 18.7 Å². The monoisotopic (exact) mass is 270 g/mol. The van der Waals surface area contributed by atoms with E-state index >= 15 is 0 Å². The molecule has 1 N–H and O–H groups in total. The van der Waals surface area contributed by atoms with E-state index in [0.717, 1.165) is 6.07 Å². The van der Waals surface area contributed by atoms with Gasteiger partial charge in [-0.25, -0.2) is 0 Å². The number of nitrogens with zero attached hydrogens (tertiary/aromatic N) is 1. The summed E-state index contributed by atoms with van der Waals surface area (Å²) in [6.45, 7) is 3.53. The third-order valence-corrected chi connectivity index (χ3v) is 2.49. The van der Waals surface area contributed by atoms with Crippen molar-refractivity contribution in [2.75, 3.05) is 6.61 Å². The quantitative estimate of drug-likeness (QED) is 0.484. The molecule has 6 nitrogen and oxygen atoms in total. The lowest BCUT2D eigenvalue weighted by Crippen LogP contribution is -2.35. The lowest BCUT2D eigenvalue weighted by molar-refractivity contribution is -0.387. The maximum Gasteiger partial charge on any atom is 0.322 e. The summed E-state index contributed by atoms with van der Waals surface area (Å²) in [5, 5.41) is 13.3. The summed E-state index contributed by atoms with van der Waals surface area (Å²) >= 11 is 0. The van der Waals surface area contributed by atoms with Crippen molar-refractivity contribution >= 4 is 11.7 Å². The van der Waals surface area contributed by atoms with E-state index in [1.54, 1.807) is 13.8 Å². The number of halogens is 1. The van der Waals surface area contributed by atoms with E-state index < -0.39 is 28.4 Å². The number of nitrogens with one attached hydrogen (secondary N) is 1. The molecule has 7 heteroatoms. The molecule has 0 bridgehead atoms. The summed E-state index contributed by atoms with van der Waals surface area (Å²) in [6, 6.07) is 3.30. The van der Waals surface area contributed by atoms with E-state index in [9.17, 15) is 19.3 Å². The van der Waals surface area contributed by atoms with Crippen molar-refractivity contribution in [3.63, 3.8) is 0 Å². The van der Waals surface area contributed by atoms with Crippen LogP contribution in [0.2, 0.25) is 0 Å². The average Bonchev–Trinajstić information content (AvgIpc) is 2.37. The van der Waals surface area contributed by atoms with Gasteiger partial charge in [0.05, 0.1) is 11.5 Å². The Kier molecular flexibility index (Phi) is 5.37. The lowest BCUT2D eigenvalue weighted by atomic mass is 10.1. The molecule has 0 aliphatic carbocycles. The zero-order valence-corrected chi connectivity index (χ0v) is 10.7. The first-order valence-electron chi connectivity index (χ1n) is 5.79. The molecule has 19 heavy (non-hydrogen) atoms. The smallest absolute Gasteiger partial charge is 0.322 e. The van der Waals surface area contributed by atoms with E-state index in [1.165, 1.54) is 12.1 Å². The topological polar surface area (TPSA) is 81.5 Å². The van der Waals surface area contributed by atoms with Gasteiger partial charge in [-0.3, -0.25) is 14.9 Å². The summed E-state index contributed by atoms with van der Waals surface area (Å²) in [6.07, 6.45) is 0. The fraction of sp³-hybridized carbons (Fsp3) is 0.417. The molecular formula is C12H15FN2O4. The van der Waals surface area contributed by atoms with Crippen LogP contribution in [0.15, 0.2) is 18.2 Å². The van der Waals surface area contributed by atoms with Crippen LogP contribution in [-0.4, -0.2) is 23.5 Å². The van der Waals surface area contributed by atoms with E-state index in [0.29, 0.717) is 0 Å². The molecule has 0 aliphatic rings. The molecule has 0 heterocycles. The molecule has 1 unspecified atom stereocenters. The minimum atomic E-state index is -0.893. The normalized spacial score (nSPS) is 11.9. The van der Waals surface area contributed by atoms with Crippen LogP contribution in [0, 0.1) is 15.9 Å². The number of ether oxygens (including phenoxy) is 1. The van der Waals surface area contributed by atoms with Crippen LogP contribution in [0.4, 0.5) is 10.1 Å². The Labute approximate surface area is 109 Å². The van der Waals surface area contributed by atoms with Gasteiger partial charge in [0, 0.05) is 18.2 Å². The number of esters is 1. The Morgan fingerprint density at radius 3 is 2.84 bits per heavy atom. The molecule has 0 saturated carbocycles. The molecule has 0 radical (unpaired) electrons. The minimum Gasteiger partial charge on any atom is -0.465 e. The first-order chi connectivity index (χ1) is 8.97. The van der Waals surface area contributed by atoms with Crippen molar-refractivity contribution in [2.24, 2.45) is 0 Å². The van der Waals surface area contributed by atoms with Crippen molar-refractivity contribution < 1.29 is 18.8 Å². The Morgan fingerprint density at radius 2 is 2.26 bits per heavy atom. The molecule has 0 aliphatic heterocycles. The van der Waals surface area contributed by atoms with Gasteiger partial charge < -0.3 is 10.1 Å². The maximum absolute atomic E-state index is 13.7. The SMILES string of the molecule is CCOC(=O)C(C)NCc1cccc([N+](=O)[O-])c1F. The van der Waals surface area contributed by atoms with Gasteiger partial charge in [-0.2, -0.15) is 4.39 Å². The highest BCUT2D eigenvalue weighted by Gasteiger charge is 2.19. The second-order valence-electron chi connectivity index (χ2n) is 3.86. The van der Waals surface area contributed by atoms with Crippen LogP contribution < -0.4 is 5.32 Å². The molecule has 0 amide bonds. The van der Waals surface area contributed by atoms with Crippen LogP contribution in [0.1, 0.15) is 19.4 Å². The number of nitro benzene ring substituents is 1. The number of carbonyl (C=O) groups is 1. The first kappa shape index (κ1) is 15.0. The summed E-state index contributed by atoms with van der Waals surface area (Å²) < 4.78 is 18.5. The Hall–Kier alpha value is -2.02. The van der Waals surface area contributed by atoms with Gasteiger partial charge in [-0.1, -0.05) is 12.1 Å². The highest BCUT2D eigenvalue weighted by molar-refractivity contribution is 5.75. The highest BCUT2D eigenvalue weighted by atomic mass is 19.1. The summed E-state index contributed by atoms with van der Waals surface area (Å²) in [5.74, 6) is -1.34. The molecule has 1 aromatic carbocycles. The molecule has 0 aromatic heterocycles. The number of hydrogen-bond donors (Lipinski definition) is 1. The minimum absolute atomic E-state index is 0.00743. The van der Waals surface area contributed by atoms with Crippen LogP contribution in [-0.2, 0) is 16.1 Å². The molecule has 1 atom stereocenters. The maximum atomic E-state index is 13.7. The average molecular weight is 270 g/mol. The first-order valence-corrected chi connectivity index (χ1v) is 5.79. The van der Waals surface area contributed by atoms with Crippen molar-refractivity contribution in [1.82, 2.24) is 5.32 Å². The van der Waals surface area contributed by atoms with Crippen LogP contribution in [0.3, 0.4) is 0 Å². The van der Waals surface area contributed by atoms with Crippen molar-refractivity contribution in [3.8, 4) is 0 Å². The third-order valence-electron chi connectivity index (χ3n) is 2.49. The largest absolute Gasteiger partial charge is 0.465 e. The highest BCUT2D eigenvalue weighted by Crippen LogP contribution is 2.19. The van der Waals surface area contributed by atoms with Gasteiger partial charge >= 0.3 is 11.7 Å². The van der Waals surface area contributed by atoms with Gasteiger partial charge in [-0.05, 0) is 13.8 Å². The molecule has 0 saturated heterocycles. The zero-order valence-electron chi connectivity index (χ0n) is 10.7. The van der Waals surface area contributed by atoms with E-state index in [2.05, 4.69) is 5.32 Å². The molecular weight excluding hydrogens is 255 g/mol. The van der Waals surface area contributed by atoms with Crippen LogP contribution >= 0.6 is 0 Å².